The Bertz CT molecular complexity index is 892. The summed E-state index contributed by atoms with van der Waals surface area (Å²) >= 11 is 6.40. The van der Waals surface area contributed by atoms with Crippen LogP contribution in [0.2, 0.25) is 5.02 Å². The van der Waals surface area contributed by atoms with E-state index in [2.05, 4.69) is 9.47 Å². The minimum atomic E-state index is -3.79. The molecule has 0 spiro atoms. The number of hydrogen-bond donors (Lipinski definition) is 0. The van der Waals surface area contributed by atoms with E-state index in [-0.39, 0.29) is 23.1 Å². The number of alkyl halides is 2. The number of carbonyl (C=O) groups is 1. The maximum absolute atomic E-state index is 13.6. The molecule has 7 heteroatoms. The van der Waals surface area contributed by atoms with Crippen LogP contribution in [0.4, 0.5) is 8.78 Å². The van der Waals surface area contributed by atoms with Crippen LogP contribution in [0.5, 0.6) is 11.5 Å². The van der Waals surface area contributed by atoms with E-state index in [1.165, 1.54) is 6.07 Å². The largest absolute Gasteiger partial charge is 0.586 e. The van der Waals surface area contributed by atoms with Gasteiger partial charge in [-0.05, 0) is 35.1 Å². The second kappa shape index (κ2) is 7.24. The van der Waals surface area contributed by atoms with E-state index in [0.717, 1.165) is 5.56 Å². The van der Waals surface area contributed by atoms with Crippen molar-refractivity contribution in [2.24, 2.45) is 0 Å². The molecule has 150 valence electrons. The Balaban J connectivity index is 1.94. The van der Waals surface area contributed by atoms with Gasteiger partial charge in [0.2, 0.25) is 0 Å². The van der Waals surface area contributed by atoms with E-state index in [9.17, 15) is 13.6 Å². The number of ether oxygens (including phenoxy) is 3. The molecule has 0 fully saturated rings. The van der Waals surface area contributed by atoms with Crippen LogP contribution in [-0.2, 0) is 21.6 Å². The van der Waals surface area contributed by atoms with Gasteiger partial charge in [0.15, 0.2) is 11.5 Å². The van der Waals surface area contributed by atoms with E-state index in [1.54, 1.807) is 6.92 Å². The van der Waals surface area contributed by atoms with Crippen molar-refractivity contribution >= 4 is 17.6 Å². The van der Waals surface area contributed by atoms with Gasteiger partial charge in [-0.3, -0.25) is 4.79 Å². The van der Waals surface area contributed by atoms with Gasteiger partial charge in [0.1, 0.15) is 6.61 Å². The molecular formula is C21H21ClF2O4. The molecule has 1 atom stereocenters. The quantitative estimate of drug-likeness (QED) is 0.597. The maximum Gasteiger partial charge on any atom is 0.586 e. The number of fused-ring (bicyclic) bond motifs is 1. The van der Waals surface area contributed by atoms with E-state index < -0.39 is 23.6 Å². The summed E-state index contributed by atoms with van der Waals surface area (Å²) in [4.78, 5) is 12.7. The van der Waals surface area contributed by atoms with Crippen LogP contribution < -0.4 is 9.47 Å². The second-order valence-corrected chi connectivity index (χ2v) is 8.09. The average molecular weight is 411 g/mol. The highest BCUT2D eigenvalue weighted by atomic mass is 35.5. The van der Waals surface area contributed by atoms with Crippen LogP contribution in [0.1, 0.15) is 50.3 Å². The number of halogens is 3. The Morgan fingerprint density at radius 3 is 2.46 bits per heavy atom. The van der Waals surface area contributed by atoms with Crippen LogP contribution in [0.15, 0.2) is 36.4 Å². The van der Waals surface area contributed by atoms with Gasteiger partial charge in [-0.25, -0.2) is 0 Å². The topological polar surface area (TPSA) is 44.8 Å². The molecule has 0 aromatic heterocycles. The van der Waals surface area contributed by atoms with Gasteiger partial charge in [-0.15, -0.1) is 8.78 Å². The summed E-state index contributed by atoms with van der Waals surface area (Å²) in [6, 6.07) is 10.7. The smallest absolute Gasteiger partial charge is 0.460 e. The molecule has 0 N–H and O–H groups in total. The molecule has 1 aliphatic rings. The summed E-state index contributed by atoms with van der Waals surface area (Å²) in [6.07, 6.45) is -3.79. The van der Waals surface area contributed by atoms with Crippen molar-refractivity contribution in [1.82, 2.24) is 0 Å². The molecule has 2 aromatic carbocycles. The average Bonchev–Trinajstić information content (AvgIpc) is 2.94. The maximum atomic E-state index is 13.6. The summed E-state index contributed by atoms with van der Waals surface area (Å²) in [5.74, 6) is -1.71. The van der Waals surface area contributed by atoms with Crippen molar-refractivity contribution < 1.29 is 27.8 Å². The fourth-order valence-electron chi connectivity index (χ4n) is 3.08. The summed E-state index contributed by atoms with van der Waals surface area (Å²) < 4.78 is 41.6. The van der Waals surface area contributed by atoms with Gasteiger partial charge in [0.05, 0.1) is 10.9 Å². The SMILES string of the molecule is CC(C(=O)OCc1ccccc1)c1c(C(C)(C)C)cc2c(c1Cl)OC(F)(F)O2. The van der Waals surface area contributed by atoms with Crippen LogP contribution in [0.3, 0.4) is 0 Å². The zero-order chi connectivity index (χ0) is 20.7. The van der Waals surface area contributed by atoms with Gasteiger partial charge >= 0.3 is 12.3 Å². The molecule has 28 heavy (non-hydrogen) atoms. The molecule has 0 radical (unpaired) electrons. The number of esters is 1. The van der Waals surface area contributed by atoms with E-state index >= 15 is 0 Å². The van der Waals surface area contributed by atoms with Crippen LogP contribution in [-0.4, -0.2) is 12.3 Å². The molecule has 4 nitrogen and oxygen atoms in total. The molecule has 1 unspecified atom stereocenters. The van der Waals surface area contributed by atoms with Crippen LogP contribution >= 0.6 is 11.6 Å². The Morgan fingerprint density at radius 1 is 1.21 bits per heavy atom. The molecule has 0 saturated heterocycles. The lowest BCUT2D eigenvalue weighted by Crippen LogP contribution is -2.26. The van der Waals surface area contributed by atoms with Gasteiger partial charge < -0.3 is 14.2 Å². The minimum absolute atomic E-state index is 0.0660. The highest BCUT2D eigenvalue weighted by Crippen LogP contribution is 2.51. The third-order valence-electron chi connectivity index (χ3n) is 4.49. The first-order valence-electron chi connectivity index (χ1n) is 8.83. The number of hydrogen-bond acceptors (Lipinski definition) is 4. The monoisotopic (exact) mass is 410 g/mol. The Morgan fingerprint density at radius 2 is 1.86 bits per heavy atom. The number of benzene rings is 2. The highest BCUT2D eigenvalue weighted by molar-refractivity contribution is 6.33. The van der Waals surface area contributed by atoms with Gasteiger partial charge in [0, 0.05) is 0 Å². The summed E-state index contributed by atoms with van der Waals surface area (Å²) in [5.41, 5.74) is 1.37. The van der Waals surface area contributed by atoms with Gasteiger partial charge in [-0.2, -0.15) is 0 Å². The van der Waals surface area contributed by atoms with Crippen molar-refractivity contribution in [1.29, 1.82) is 0 Å². The van der Waals surface area contributed by atoms with Crippen molar-refractivity contribution in [2.45, 2.75) is 51.9 Å². The van der Waals surface area contributed by atoms with E-state index in [0.29, 0.717) is 11.1 Å². The van der Waals surface area contributed by atoms with Gasteiger partial charge in [0.25, 0.3) is 0 Å². The Labute approximate surface area is 167 Å². The predicted molar refractivity (Wildman–Crippen MR) is 101 cm³/mol. The van der Waals surface area contributed by atoms with Crippen LogP contribution in [0, 0.1) is 0 Å². The van der Waals surface area contributed by atoms with Gasteiger partial charge in [-0.1, -0.05) is 62.7 Å². The van der Waals surface area contributed by atoms with Crippen molar-refractivity contribution in [3.63, 3.8) is 0 Å². The molecule has 0 bridgehead atoms. The standard InChI is InChI=1S/C21H21ClF2O4/c1-12(19(25)26-11-13-8-6-5-7-9-13)16-14(20(2,3)4)10-15-18(17(16)22)28-21(23,24)27-15/h5-10,12H,11H2,1-4H3. The zero-order valence-electron chi connectivity index (χ0n) is 16.0. The summed E-state index contributed by atoms with van der Waals surface area (Å²) in [5, 5.41) is -0.0660. The molecular weight excluding hydrogens is 390 g/mol. The molecule has 0 aliphatic carbocycles. The highest BCUT2D eigenvalue weighted by Gasteiger charge is 2.46. The zero-order valence-corrected chi connectivity index (χ0v) is 16.8. The lowest BCUT2D eigenvalue weighted by atomic mass is 9.80. The first kappa shape index (κ1) is 20.4. The molecule has 0 amide bonds. The first-order chi connectivity index (χ1) is 13.0. The molecule has 0 saturated carbocycles. The fraction of sp³-hybridized carbons (Fsp3) is 0.381. The molecule has 1 heterocycles. The summed E-state index contributed by atoms with van der Waals surface area (Å²) in [7, 11) is 0. The van der Waals surface area contributed by atoms with Crippen molar-refractivity contribution in [2.75, 3.05) is 0 Å². The lowest BCUT2D eigenvalue weighted by Gasteiger charge is -2.26. The van der Waals surface area contributed by atoms with Crippen molar-refractivity contribution in [3.8, 4) is 11.5 Å². The number of rotatable bonds is 4. The second-order valence-electron chi connectivity index (χ2n) is 7.71. The first-order valence-corrected chi connectivity index (χ1v) is 9.20. The number of carbonyl (C=O) groups excluding carboxylic acids is 1. The van der Waals surface area contributed by atoms with E-state index in [4.69, 9.17) is 16.3 Å². The predicted octanol–water partition coefficient (Wildman–Crippen LogP) is 5.81. The molecule has 2 aromatic rings. The normalized spacial score (nSPS) is 16.0. The Kier molecular flexibility index (Phi) is 5.28. The van der Waals surface area contributed by atoms with Crippen molar-refractivity contribution in [3.05, 3.63) is 58.1 Å². The van der Waals surface area contributed by atoms with E-state index in [1.807, 2.05) is 51.1 Å². The molecule has 3 rings (SSSR count). The third kappa shape index (κ3) is 4.07. The third-order valence-corrected chi connectivity index (χ3v) is 4.87. The van der Waals surface area contributed by atoms with Crippen LogP contribution in [0.25, 0.3) is 0 Å². The summed E-state index contributed by atoms with van der Waals surface area (Å²) in [6.45, 7) is 7.42. The molecule has 1 aliphatic heterocycles. The minimum Gasteiger partial charge on any atom is -0.460 e. The Hall–Kier alpha value is -2.34. The fourth-order valence-corrected chi connectivity index (χ4v) is 3.47. The lowest BCUT2D eigenvalue weighted by molar-refractivity contribution is -0.286.